The number of aromatic nitrogens is 1. The minimum atomic E-state index is -1.07. The van der Waals surface area contributed by atoms with E-state index in [4.69, 9.17) is 24.0 Å². The van der Waals surface area contributed by atoms with Gasteiger partial charge in [0.25, 0.3) is 0 Å². The third kappa shape index (κ3) is 5.95. The highest BCUT2D eigenvalue weighted by atomic mass is 16.5. The van der Waals surface area contributed by atoms with E-state index in [0.717, 1.165) is 16.7 Å². The van der Waals surface area contributed by atoms with Crippen molar-refractivity contribution in [1.29, 1.82) is 0 Å². The first-order valence-corrected chi connectivity index (χ1v) is 11.3. The summed E-state index contributed by atoms with van der Waals surface area (Å²) < 4.78 is 16.9. The molecule has 7 heteroatoms. The normalized spacial score (nSPS) is 11.6. The summed E-state index contributed by atoms with van der Waals surface area (Å²) in [6.07, 6.45) is 0.242. The molecule has 0 saturated heterocycles. The van der Waals surface area contributed by atoms with Crippen molar-refractivity contribution in [2.24, 2.45) is 0 Å². The molecule has 0 amide bonds. The van der Waals surface area contributed by atoms with Crippen LogP contribution in [0.25, 0.3) is 22.6 Å². The van der Waals surface area contributed by atoms with Gasteiger partial charge in [-0.25, -0.2) is 9.78 Å². The number of oxazole rings is 1. The summed E-state index contributed by atoms with van der Waals surface area (Å²) in [5.41, 5.74) is 3.11. The third-order valence-electron chi connectivity index (χ3n) is 5.30. The van der Waals surface area contributed by atoms with E-state index in [1.807, 2.05) is 66.7 Å². The second kappa shape index (κ2) is 11.2. The lowest BCUT2D eigenvalue weighted by Crippen LogP contribution is -2.19. The standard InChI is InChI=1S/C28H25NO6/c1-2-33-28(32)23(17-19-10-9-15-22(16-19)34-18-24(30)31)27-29-25(20-11-5-3-6-12-20)26(35-27)21-13-7-4-8-14-21/h3-16,23H,2,17-18H2,1H3,(H,30,31). The van der Waals surface area contributed by atoms with Gasteiger partial charge in [-0.3, -0.25) is 4.79 Å². The van der Waals surface area contributed by atoms with Crippen molar-refractivity contribution < 1.29 is 28.6 Å². The molecular weight excluding hydrogens is 446 g/mol. The molecule has 0 radical (unpaired) electrons. The molecule has 1 heterocycles. The lowest BCUT2D eigenvalue weighted by Gasteiger charge is -2.13. The second-order valence-electron chi connectivity index (χ2n) is 7.80. The smallest absolute Gasteiger partial charge is 0.341 e. The number of hydrogen-bond acceptors (Lipinski definition) is 6. The zero-order valence-corrected chi connectivity index (χ0v) is 19.2. The van der Waals surface area contributed by atoms with Crippen LogP contribution in [-0.2, 0) is 20.7 Å². The van der Waals surface area contributed by atoms with Crippen molar-refractivity contribution in [3.05, 3.63) is 96.4 Å². The van der Waals surface area contributed by atoms with Crippen LogP contribution in [0.1, 0.15) is 24.3 Å². The van der Waals surface area contributed by atoms with Gasteiger partial charge in [0.2, 0.25) is 5.89 Å². The maximum absolute atomic E-state index is 13.0. The molecule has 1 N–H and O–H groups in total. The third-order valence-corrected chi connectivity index (χ3v) is 5.30. The van der Waals surface area contributed by atoms with E-state index >= 15 is 0 Å². The molecule has 4 rings (SSSR count). The zero-order chi connectivity index (χ0) is 24.6. The second-order valence-corrected chi connectivity index (χ2v) is 7.80. The van der Waals surface area contributed by atoms with Gasteiger partial charge in [-0.2, -0.15) is 0 Å². The van der Waals surface area contributed by atoms with Gasteiger partial charge >= 0.3 is 11.9 Å². The summed E-state index contributed by atoms with van der Waals surface area (Å²) in [4.78, 5) is 28.6. The van der Waals surface area contributed by atoms with Crippen molar-refractivity contribution in [1.82, 2.24) is 4.98 Å². The number of esters is 1. The number of nitrogens with zero attached hydrogens (tertiary/aromatic N) is 1. The number of carboxylic acid groups (broad SMARTS) is 1. The van der Waals surface area contributed by atoms with Crippen LogP contribution in [0, 0.1) is 0 Å². The topological polar surface area (TPSA) is 98.9 Å². The average Bonchev–Trinajstić information content (AvgIpc) is 3.33. The predicted molar refractivity (Wildman–Crippen MR) is 130 cm³/mol. The van der Waals surface area contributed by atoms with Crippen LogP contribution in [0.3, 0.4) is 0 Å². The molecule has 0 spiro atoms. The Labute approximate surface area is 203 Å². The maximum atomic E-state index is 13.0. The minimum Gasteiger partial charge on any atom is -0.482 e. The molecule has 3 aromatic carbocycles. The van der Waals surface area contributed by atoms with Gasteiger partial charge in [-0.05, 0) is 31.0 Å². The van der Waals surface area contributed by atoms with E-state index in [1.165, 1.54) is 0 Å². The maximum Gasteiger partial charge on any atom is 0.341 e. The number of ether oxygens (including phenoxy) is 2. The quantitative estimate of drug-likeness (QED) is 0.311. The molecule has 1 aromatic heterocycles. The summed E-state index contributed by atoms with van der Waals surface area (Å²) in [7, 11) is 0. The monoisotopic (exact) mass is 471 g/mol. The van der Waals surface area contributed by atoms with Gasteiger partial charge in [0.15, 0.2) is 12.4 Å². The van der Waals surface area contributed by atoms with Crippen LogP contribution in [0.4, 0.5) is 0 Å². The largest absolute Gasteiger partial charge is 0.482 e. The van der Waals surface area contributed by atoms with Crippen LogP contribution in [0.2, 0.25) is 0 Å². The SMILES string of the molecule is CCOC(=O)C(Cc1cccc(OCC(=O)O)c1)c1nc(-c2ccccc2)c(-c2ccccc2)o1. The molecule has 35 heavy (non-hydrogen) atoms. The molecule has 0 bridgehead atoms. The molecule has 0 fully saturated rings. The fourth-order valence-corrected chi connectivity index (χ4v) is 3.72. The molecule has 1 unspecified atom stereocenters. The fourth-order valence-electron chi connectivity index (χ4n) is 3.72. The Hall–Kier alpha value is -4.39. The average molecular weight is 472 g/mol. The van der Waals surface area contributed by atoms with Gasteiger partial charge in [-0.15, -0.1) is 0 Å². The summed E-state index contributed by atoms with van der Waals surface area (Å²) in [5.74, 6) is -1.11. The number of aliphatic carboxylic acids is 1. The Morgan fingerprint density at radius 2 is 1.63 bits per heavy atom. The summed E-state index contributed by atoms with van der Waals surface area (Å²) in [6, 6.07) is 26.2. The van der Waals surface area contributed by atoms with E-state index in [1.54, 1.807) is 25.1 Å². The lowest BCUT2D eigenvalue weighted by molar-refractivity contribution is -0.145. The van der Waals surface area contributed by atoms with Crippen LogP contribution in [0.5, 0.6) is 5.75 Å². The highest BCUT2D eigenvalue weighted by Crippen LogP contribution is 2.36. The first-order chi connectivity index (χ1) is 17.0. The van der Waals surface area contributed by atoms with E-state index in [0.29, 0.717) is 17.2 Å². The summed E-state index contributed by atoms with van der Waals surface area (Å²) in [5, 5.41) is 8.88. The Morgan fingerprint density at radius 1 is 0.943 bits per heavy atom. The molecule has 1 atom stereocenters. The Balaban J connectivity index is 1.73. The molecule has 178 valence electrons. The Bertz CT molecular complexity index is 1230. The molecule has 0 aliphatic rings. The molecular formula is C28H25NO6. The van der Waals surface area contributed by atoms with E-state index < -0.39 is 24.5 Å². The van der Waals surface area contributed by atoms with E-state index in [-0.39, 0.29) is 18.9 Å². The van der Waals surface area contributed by atoms with Crippen molar-refractivity contribution in [2.45, 2.75) is 19.3 Å². The van der Waals surface area contributed by atoms with Crippen LogP contribution in [0.15, 0.2) is 89.3 Å². The van der Waals surface area contributed by atoms with Crippen molar-refractivity contribution in [3.63, 3.8) is 0 Å². The lowest BCUT2D eigenvalue weighted by atomic mass is 9.99. The Kier molecular flexibility index (Phi) is 7.57. The van der Waals surface area contributed by atoms with E-state index in [9.17, 15) is 9.59 Å². The van der Waals surface area contributed by atoms with Crippen LogP contribution < -0.4 is 4.74 Å². The van der Waals surface area contributed by atoms with Crippen LogP contribution >= 0.6 is 0 Å². The van der Waals surface area contributed by atoms with Gasteiger partial charge < -0.3 is 19.0 Å². The van der Waals surface area contributed by atoms with Gasteiger partial charge in [-0.1, -0.05) is 72.8 Å². The minimum absolute atomic E-state index is 0.217. The van der Waals surface area contributed by atoms with Crippen LogP contribution in [-0.4, -0.2) is 35.2 Å². The van der Waals surface area contributed by atoms with Crippen molar-refractivity contribution in [2.75, 3.05) is 13.2 Å². The fraction of sp³-hybridized carbons (Fsp3) is 0.179. The van der Waals surface area contributed by atoms with E-state index in [2.05, 4.69) is 0 Å². The van der Waals surface area contributed by atoms with Gasteiger partial charge in [0.05, 0.1) is 6.61 Å². The molecule has 0 aliphatic heterocycles. The number of rotatable bonds is 10. The number of hydrogen-bond donors (Lipinski definition) is 1. The molecule has 0 saturated carbocycles. The number of carbonyl (C=O) groups excluding carboxylic acids is 1. The van der Waals surface area contributed by atoms with Crippen molar-refractivity contribution in [3.8, 4) is 28.3 Å². The first-order valence-electron chi connectivity index (χ1n) is 11.3. The van der Waals surface area contributed by atoms with Crippen molar-refractivity contribution >= 4 is 11.9 Å². The number of carbonyl (C=O) groups is 2. The first kappa shape index (κ1) is 23.8. The number of carboxylic acids is 1. The van der Waals surface area contributed by atoms with Gasteiger partial charge in [0, 0.05) is 11.1 Å². The molecule has 0 aliphatic carbocycles. The number of benzene rings is 3. The highest BCUT2D eigenvalue weighted by Gasteiger charge is 2.30. The zero-order valence-electron chi connectivity index (χ0n) is 19.2. The predicted octanol–water partition coefficient (Wildman–Crippen LogP) is 5.36. The molecule has 4 aromatic rings. The summed E-state index contributed by atoms with van der Waals surface area (Å²) >= 11 is 0. The Morgan fingerprint density at radius 3 is 2.29 bits per heavy atom. The summed E-state index contributed by atoms with van der Waals surface area (Å²) in [6.45, 7) is 1.51. The molecule has 7 nitrogen and oxygen atoms in total. The van der Waals surface area contributed by atoms with Gasteiger partial charge in [0.1, 0.15) is 17.4 Å². The highest BCUT2D eigenvalue weighted by molar-refractivity contribution is 5.80.